The van der Waals surface area contributed by atoms with Gasteiger partial charge in [-0.1, -0.05) is 18.2 Å². The molecule has 7 nitrogen and oxygen atoms in total. The van der Waals surface area contributed by atoms with E-state index in [4.69, 9.17) is 0 Å². The van der Waals surface area contributed by atoms with Gasteiger partial charge in [-0.25, -0.2) is 0 Å². The second-order valence-corrected chi connectivity index (χ2v) is 8.93. The molecule has 0 amide bonds. The minimum absolute atomic E-state index is 0.0223. The zero-order valence-corrected chi connectivity index (χ0v) is 16.4. The molecule has 4 heterocycles. The highest BCUT2D eigenvalue weighted by Crippen LogP contribution is 2.37. The highest BCUT2D eigenvalue weighted by atomic mass is 32.2. The first-order valence-corrected chi connectivity index (χ1v) is 11.1. The first kappa shape index (κ1) is 19.2. The molecule has 0 aliphatic carbocycles. The molecule has 2 fully saturated rings. The Morgan fingerprint density at radius 3 is 2.86 bits per heavy atom. The number of hydrogen-bond acceptors (Lipinski definition) is 6. The van der Waals surface area contributed by atoms with Gasteiger partial charge in [0.1, 0.15) is 10.7 Å². The molecule has 1 unspecified atom stereocenters. The molecule has 150 valence electrons. The zero-order valence-electron chi connectivity index (χ0n) is 15.6. The standard InChI is InChI=1S/C20H25N3O4S/c24-17(6-4-14-8-10-21-11-9-14)7-5-15-12-16-13-22-19-3-1-2-18(23(16)19)20(15)28(25,26)27/h1-3,5,7,12,14,16,21-22H,4,6,8-11,13H2,(H,25,26,27). The van der Waals surface area contributed by atoms with Crippen LogP contribution in [0.5, 0.6) is 0 Å². The third-order valence-electron chi connectivity index (χ3n) is 5.68. The van der Waals surface area contributed by atoms with Gasteiger partial charge in [0.15, 0.2) is 5.78 Å². The monoisotopic (exact) mass is 403 g/mol. The highest BCUT2D eigenvalue weighted by Gasteiger charge is 2.38. The highest BCUT2D eigenvalue weighted by molar-refractivity contribution is 7.90. The second kappa shape index (κ2) is 7.69. The fourth-order valence-electron chi connectivity index (χ4n) is 4.27. The maximum absolute atomic E-state index is 12.3. The smallest absolute Gasteiger partial charge is 0.297 e. The topological polar surface area (TPSA) is 98.7 Å². The quantitative estimate of drug-likeness (QED) is 0.458. The molecular weight excluding hydrogens is 378 g/mol. The van der Waals surface area contributed by atoms with Crippen LogP contribution in [-0.4, -0.2) is 49.3 Å². The Bertz CT molecular complexity index is 921. The molecule has 2 saturated heterocycles. The van der Waals surface area contributed by atoms with Gasteiger partial charge in [-0.2, -0.15) is 8.42 Å². The summed E-state index contributed by atoms with van der Waals surface area (Å²) < 4.78 is 34.0. The molecule has 0 aromatic rings. The van der Waals surface area contributed by atoms with E-state index in [-0.39, 0.29) is 16.7 Å². The van der Waals surface area contributed by atoms with Gasteiger partial charge in [-0.3, -0.25) is 9.35 Å². The number of hydrogen-bond donors (Lipinski definition) is 3. The summed E-state index contributed by atoms with van der Waals surface area (Å²) >= 11 is 0. The molecule has 0 spiro atoms. The van der Waals surface area contributed by atoms with E-state index in [1.54, 1.807) is 18.2 Å². The number of nitrogens with zero attached hydrogens (tertiary/aromatic N) is 1. The van der Waals surface area contributed by atoms with Gasteiger partial charge < -0.3 is 15.5 Å². The van der Waals surface area contributed by atoms with Gasteiger partial charge in [-0.05, 0) is 62.1 Å². The van der Waals surface area contributed by atoms with E-state index in [1.165, 1.54) is 12.2 Å². The molecule has 4 aliphatic heterocycles. The number of nitrogens with one attached hydrogen (secondary N) is 2. The predicted octanol–water partition coefficient (Wildman–Crippen LogP) is 1.62. The largest absolute Gasteiger partial charge is 0.369 e. The van der Waals surface area contributed by atoms with Crippen molar-refractivity contribution in [3.8, 4) is 0 Å². The first-order valence-electron chi connectivity index (χ1n) is 9.70. The van der Waals surface area contributed by atoms with E-state index >= 15 is 0 Å². The van der Waals surface area contributed by atoms with Crippen molar-refractivity contribution < 1.29 is 17.8 Å². The number of allylic oxidation sites excluding steroid dienone is 6. The Kier molecular flexibility index (Phi) is 5.27. The molecule has 0 aromatic heterocycles. The summed E-state index contributed by atoms with van der Waals surface area (Å²) in [5.41, 5.74) is 0.794. The number of rotatable bonds is 6. The van der Waals surface area contributed by atoms with E-state index < -0.39 is 10.1 Å². The molecule has 28 heavy (non-hydrogen) atoms. The summed E-state index contributed by atoms with van der Waals surface area (Å²) in [5.74, 6) is 1.35. The Hall–Kier alpha value is -2.16. The third kappa shape index (κ3) is 3.85. The lowest BCUT2D eigenvalue weighted by Gasteiger charge is -2.33. The molecule has 0 saturated carbocycles. The fourth-order valence-corrected chi connectivity index (χ4v) is 5.13. The molecule has 1 atom stereocenters. The molecule has 0 bridgehead atoms. The van der Waals surface area contributed by atoms with Crippen molar-refractivity contribution in [2.24, 2.45) is 5.92 Å². The van der Waals surface area contributed by atoms with Crippen LogP contribution in [-0.2, 0) is 14.9 Å². The van der Waals surface area contributed by atoms with Crippen molar-refractivity contribution in [2.45, 2.75) is 31.7 Å². The van der Waals surface area contributed by atoms with Gasteiger partial charge >= 0.3 is 0 Å². The summed E-state index contributed by atoms with van der Waals surface area (Å²) in [5, 5.41) is 6.54. The van der Waals surface area contributed by atoms with Crippen LogP contribution in [0.3, 0.4) is 0 Å². The number of carbonyl (C=O) groups is 1. The molecule has 0 radical (unpaired) electrons. The van der Waals surface area contributed by atoms with Crippen molar-refractivity contribution in [1.82, 2.24) is 15.5 Å². The predicted molar refractivity (Wildman–Crippen MR) is 106 cm³/mol. The number of carbonyl (C=O) groups excluding carboxylic acids is 1. The van der Waals surface area contributed by atoms with Gasteiger partial charge in [-0.15, -0.1) is 0 Å². The van der Waals surface area contributed by atoms with Gasteiger partial charge in [0.2, 0.25) is 0 Å². The molecule has 4 aliphatic rings. The summed E-state index contributed by atoms with van der Waals surface area (Å²) in [7, 11) is -4.45. The Labute approximate surface area is 165 Å². The van der Waals surface area contributed by atoms with Crippen LogP contribution in [0.2, 0.25) is 0 Å². The average Bonchev–Trinajstić information content (AvgIpc) is 3.09. The summed E-state index contributed by atoms with van der Waals surface area (Å²) in [4.78, 5) is 14.0. The lowest BCUT2D eigenvalue weighted by atomic mass is 9.92. The van der Waals surface area contributed by atoms with Crippen LogP contribution in [0.25, 0.3) is 0 Å². The molecule has 0 aromatic carbocycles. The lowest BCUT2D eigenvalue weighted by Crippen LogP contribution is -2.34. The SMILES string of the molecule is O=C(C=CC1=CC2CNC3=CC=CC(=C1S(=O)(=O)O)N32)CCC1CCNCC1. The van der Waals surface area contributed by atoms with E-state index in [0.717, 1.165) is 38.2 Å². The van der Waals surface area contributed by atoms with Crippen molar-refractivity contribution in [3.05, 3.63) is 58.5 Å². The Morgan fingerprint density at radius 1 is 1.32 bits per heavy atom. The van der Waals surface area contributed by atoms with Gasteiger partial charge in [0.05, 0.1) is 11.7 Å². The maximum Gasteiger partial charge on any atom is 0.297 e. The van der Waals surface area contributed by atoms with Gasteiger partial charge in [0.25, 0.3) is 10.1 Å². The summed E-state index contributed by atoms with van der Waals surface area (Å²) in [6, 6.07) is -0.0545. The van der Waals surface area contributed by atoms with Crippen LogP contribution in [0, 0.1) is 5.92 Å². The fraction of sp³-hybridized carbons (Fsp3) is 0.450. The third-order valence-corrected chi connectivity index (χ3v) is 6.64. The number of piperidine rings is 1. The van der Waals surface area contributed by atoms with E-state index in [1.807, 2.05) is 11.0 Å². The van der Waals surface area contributed by atoms with Crippen LogP contribution < -0.4 is 10.6 Å². The van der Waals surface area contributed by atoms with Crippen LogP contribution in [0.1, 0.15) is 25.7 Å². The Morgan fingerprint density at radius 2 is 2.11 bits per heavy atom. The zero-order chi connectivity index (χ0) is 19.7. The van der Waals surface area contributed by atoms with Crippen molar-refractivity contribution in [3.63, 3.8) is 0 Å². The molecular formula is C20H25N3O4S. The van der Waals surface area contributed by atoms with Crippen molar-refractivity contribution in [1.29, 1.82) is 0 Å². The van der Waals surface area contributed by atoms with E-state index in [2.05, 4.69) is 10.6 Å². The van der Waals surface area contributed by atoms with Gasteiger partial charge in [0, 0.05) is 13.0 Å². The molecule has 8 heteroatoms. The Balaban J connectivity index is 1.53. The normalized spacial score (nSPS) is 24.9. The average molecular weight is 404 g/mol. The van der Waals surface area contributed by atoms with Crippen LogP contribution in [0.4, 0.5) is 0 Å². The minimum Gasteiger partial charge on any atom is -0.369 e. The van der Waals surface area contributed by atoms with Crippen LogP contribution in [0.15, 0.2) is 58.5 Å². The van der Waals surface area contributed by atoms with Crippen LogP contribution >= 0.6 is 0 Å². The lowest BCUT2D eigenvalue weighted by molar-refractivity contribution is -0.114. The summed E-state index contributed by atoms with van der Waals surface area (Å²) in [6.45, 7) is 2.64. The van der Waals surface area contributed by atoms with Crippen molar-refractivity contribution >= 4 is 15.9 Å². The molecule has 4 rings (SSSR count). The second-order valence-electron chi connectivity index (χ2n) is 7.57. The van der Waals surface area contributed by atoms with Crippen molar-refractivity contribution in [2.75, 3.05) is 19.6 Å². The van der Waals surface area contributed by atoms with E-state index in [9.17, 15) is 17.8 Å². The molecule has 3 N–H and O–H groups in total. The first-order chi connectivity index (χ1) is 13.4. The van der Waals surface area contributed by atoms with E-state index in [0.29, 0.717) is 30.2 Å². The summed E-state index contributed by atoms with van der Waals surface area (Å²) in [6.07, 6.45) is 13.5. The maximum atomic E-state index is 12.3. The number of ketones is 1. The minimum atomic E-state index is -4.45.